The van der Waals surface area contributed by atoms with Crippen LogP contribution in [0.4, 0.5) is 5.69 Å². The lowest BCUT2D eigenvalue weighted by Gasteiger charge is -2.03. The molecule has 0 aliphatic heterocycles. The molecule has 15 heavy (non-hydrogen) atoms. The average molecular weight is 236 g/mol. The summed E-state index contributed by atoms with van der Waals surface area (Å²) in [5, 5.41) is 2.08. The summed E-state index contributed by atoms with van der Waals surface area (Å²) in [4.78, 5) is 5.49. The van der Waals surface area contributed by atoms with Gasteiger partial charge in [-0.3, -0.25) is 0 Å². The van der Waals surface area contributed by atoms with Crippen LogP contribution in [0.3, 0.4) is 0 Å². The molecule has 0 saturated carbocycles. The van der Waals surface area contributed by atoms with Gasteiger partial charge in [-0.2, -0.15) is 0 Å². The van der Waals surface area contributed by atoms with Crippen LogP contribution in [0.1, 0.15) is 11.3 Å². The maximum Gasteiger partial charge on any atom is 0.0795 e. The molecule has 0 spiro atoms. The molecule has 0 aliphatic rings. The molecule has 0 bridgehead atoms. The second kappa shape index (κ2) is 4.68. The number of benzene rings is 1. The van der Waals surface area contributed by atoms with Gasteiger partial charge in [-0.25, -0.2) is 4.98 Å². The third-order valence-corrected chi connectivity index (χ3v) is 3.77. The molecule has 78 valence electrons. The molecule has 4 heteroatoms. The van der Waals surface area contributed by atoms with Crippen molar-refractivity contribution in [3.05, 3.63) is 40.3 Å². The summed E-state index contributed by atoms with van der Waals surface area (Å²) in [6, 6.07) is 6.13. The molecule has 2 nitrogen and oxygen atoms in total. The summed E-state index contributed by atoms with van der Waals surface area (Å²) < 4.78 is 0. The molecule has 0 aliphatic carbocycles. The van der Waals surface area contributed by atoms with Gasteiger partial charge < -0.3 is 5.73 Å². The van der Waals surface area contributed by atoms with Crippen LogP contribution in [0.5, 0.6) is 0 Å². The van der Waals surface area contributed by atoms with Crippen molar-refractivity contribution in [2.24, 2.45) is 0 Å². The molecule has 0 amide bonds. The second-order valence-corrected chi connectivity index (χ2v) is 5.05. The summed E-state index contributed by atoms with van der Waals surface area (Å²) in [7, 11) is 0. The lowest BCUT2D eigenvalue weighted by Crippen LogP contribution is -1.89. The topological polar surface area (TPSA) is 38.9 Å². The SMILES string of the molecule is Cc1cc(SCc2cscn2)ccc1N. The first-order chi connectivity index (χ1) is 7.25. The normalized spacial score (nSPS) is 10.5. The Labute approximate surface area is 97.5 Å². The average Bonchev–Trinajstić information content (AvgIpc) is 2.73. The van der Waals surface area contributed by atoms with Crippen LogP contribution in [0.25, 0.3) is 0 Å². The van der Waals surface area contributed by atoms with Crippen LogP contribution in [0.2, 0.25) is 0 Å². The van der Waals surface area contributed by atoms with E-state index >= 15 is 0 Å². The smallest absolute Gasteiger partial charge is 0.0795 e. The summed E-state index contributed by atoms with van der Waals surface area (Å²) in [6.45, 7) is 2.03. The van der Waals surface area contributed by atoms with E-state index in [9.17, 15) is 0 Å². The Kier molecular flexibility index (Phi) is 3.28. The van der Waals surface area contributed by atoms with Gasteiger partial charge in [-0.1, -0.05) is 0 Å². The Morgan fingerprint density at radius 3 is 3.00 bits per heavy atom. The zero-order valence-electron chi connectivity index (χ0n) is 8.43. The van der Waals surface area contributed by atoms with Gasteiger partial charge in [0.2, 0.25) is 0 Å². The molecule has 1 aromatic heterocycles. The van der Waals surface area contributed by atoms with E-state index in [1.54, 1.807) is 23.1 Å². The van der Waals surface area contributed by atoms with Crippen LogP contribution < -0.4 is 5.73 Å². The zero-order valence-corrected chi connectivity index (χ0v) is 10.1. The number of nitrogens with two attached hydrogens (primary N) is 1. The Hall–Kier alpha value is -1.00. The lowest BCUT2D eigenvalue weighted by molar-refractivity contribution is 1.23. The fourth-order valence-electron chi connectivity index (χ4n) is 1.20. The van der Waals surface area contributed by atoms with Crippen LogP contribution in [0, 0.1) is 6.92 Å². The molecule has 0 atom stereocenters. The van der Waals surface area contributed by atoms with Crippen molar-refractivity contribution >= 4 is 28.8 Å². The van der Waals surface area contributed by atoms with Crippen molar-refractivity contribution in [2.75, 3.05) is 5.73 Å². The molecule has 1 aromatic carbocycles. The molecular weight excluding hydrogens is 224 g/mol. The van der Waals surface area contributed by atoms with Gasteiger partial charge in [-0.15, -0.1) is 23.1 Å². The third-order valence-electron chi connectivity index (χ3n) is 2.11. The minimum Gasteiger partial charge on any atom is -0.399 e. The van der Waals surface area contributed by atoms with Crippen LogP contribution in [-0.2, 0) is 5.75 Å². The zero-order chi connectivity index (χ0) is 10.7. The number of hydrogen-bond acceptors (Lipinski definition) is 4. The highest BCUT2D eigenvalue weighted by molar-refractivity contribution is 7.98. The quantitative estimate of drug-likeness (QED) is 0.656. The van der Waals surface area contributed by atoms with Crippen LogP contribution in [-0.4, -0.2) is 4.98 Å². The Bertz CT molecular complexity index is 438. The van der Waals surface area contributed by atoms with Gasteiger partial charge in [0.05, 0.1) is 11.2 Å². The summed E-state index contributed by atoms with van der Waals surface area (Å²) in [5.41, 5.74) is 10.8. The van der Waals surface area contributed by atoms with E-state index in [-0.39, 0.29) is 0 Å². The van der Waals surface area contributed by atoms with Crippen molar-refractivity contribution < 1.29 is 0 Å². The first-order valence-electron chi connectivity index (χ1n) is 4.61. The van der Waals surface area contributed by atoms with Gasteiger partial charge in [0.15, 0.2) is 0 Å². The monoisotopic (exact) mass is 236 g/mol. The van der Waals surface area contributed by atoms with E-state index in [0.29, 0.717) is 0 Å². The molecular formula is C11H12N2S2. The Morgan fingerprint density at radius 1 is 1.47 bits per heavy atom. The summed E-state index contributed by atoms with van der Waals surface area (Å²) in [5.74, 6) is 0.923. The highest BCUT2D eigenvalue weighted by atomic mass is 32.2. The van der Waals surface area contributed by atoms with Gasteiger partial charge in [-0.05, 0) is 30.7 Å². The molecule has 2 N–H and O–H groups in total. The summed E-state index contributed by atoms with van der Waals surface area (Å²) in [6.07, 6.45) is 0. The van der Waals surface area contributed by atoms with E-state index in [1.807, 2.05) is 18.5 Å². The van der Waals surface area contributed by atoms with Crippen LogP contribution >= 0.6 is 23.1 Å². The number of nitrogen functional groups attached to an aromatic ring is 1. The highest BCUT2D eigenvalue weighted by Crippen LogP contribution is 2.25. The molecule has 2 aromatic rings. The second-order valence-electron chi connectivity index (χ2n) is 3.29. The Morgan fingerprint density at radius 2 is 2.33 bits per heavy atom. The predicted molar refractivity (Wildman–Crippen MR) is 67.3 cm³/mol. The van der Waals surface area contributed by atoms with E-state index in [4.69, 9.17) is 5.73 Å². The van der Waals surface area contributed by atoms with E-state index in [1.165, 1.54) is 4.90 Å². The van der Waals surface area contributed by atoms with Gasteiger partial charge >= 0.3 is 0 Å². The number of anilines is 1. The van der Waals surface area contributed by atoms with Gasteiger partial charge in [0.1, 0.15) is 0 Å². The predicted octanol–water partition coefficient (Wildman–Crippen LogP) is 3.33. The number of aromatic nitrogens is 1. The van der Waals surface area contributed by atoms with Crippen molar-refractivity contribution in [3.8, 4) is 0 Å². The summed E-state index contributed by atoms with van der Waals surface area (Å²) >= 11 is 3.43. The lowest BCUT2D eigenvalue weighted by atomic mass is 10.2. The van der Waals surface area contributed by atoms with Gasteiger partial charge in [0, 0.05) is 21.7 Å². The maximum atomic E-state index is 5.76. The van der Waals surface area contributed by atoms with E-state index in [0.717, 1.165) is 22.7 Å². The number of nitrogens with zero attached hydrogens (tertiary/aromatic N) is 1. The van der Waals surface area contributed by atoms with E-state index in [2.05, 4.69) is 22.5 Å². The fourth-order valence-corrected chi connectivity index (χ4v) is 2.76. The molecule has 2 rings (SSSR count). The number of thioether (sulfide) groups is 1. The van der Waals surface area contributed by atoms with E-state index < -0.39 is 0 Å². The molecule has 0 unspecified atom stereocenters. The molecule has 0 saturated heterocycles. The standard InChI is InChI=1S/C11H12N2S2/c1-8-4-10(2-3-11(8)12)15-6-9-5-14-7-13-9/h2-5,7H,6,12H2,1H3. The first-order valence-corrected chi connectivity index (χ1v) is 6.54. The minimum atomic E-state index is 0.855. The van der Waals surface area contributed by atoms with Crippen molar-refractivity contribution in [2.45, 2.75) is 17.6 Å². The van der Waals surface area contributed by atoms with Gasteiger partial charge in [0.25, 0.3) is 0 Å². The van der Waals surface area contributed by atoms with Crippen LogP contribution in [0.15, 0.2) is 34.0 Å². The van der Waals surface area contributed by atoms with Crippen molar-refractivity contribution in [1.82, 2.24) is 4.98 Å². The molecule has 0 fully saturated rings. The third kappa shape index (κ3) is 2.73. The van der Waals surface area contributed by atoms with Crippen molar-refractivity contribution in [1.29, 1.82) is 0 Å². The molecule has 1 heterocycles. The number of aryl methyl sites for hydroxylation is 1. The molecule has 0 radical (unpaired) electrons. The number of rotatable bonds is 3. The first kappa shape index (κ1) is 10.5. The maximum absolute atomic E-state index is 5.76. The van der Waals surface area contributed by atoms with Crippen molar-refractivity contribution in [3.63, 3.8) is 0 Å². The number of hydrogen-bond donors (Lipinski definition) is 1. The fraction of sp³-hybridized carbons (Fsp3) is 0.182. The largest absolute Gasteiger partial charge is 0.399 e. The highest BCUT2D eigenvalue weighted by Gasteiger charge is 1.99. The minimum absolute atomic E-state index is 0.855. The number of thiazole rings is 1. The Balaban J connectivity index is 2.02.